The highest BCUT2D eigenvalue weighted by molar-refractivity contribution is 7.89. The van der Waals surface area contributed by atoms with Crippen LogP contribution < -0.4 is 4.72 Å². The van der Waals surface area contributed by atoms with Crippen molar-refractivity contribution in [1.29, 1.82) is 5.26 Å². The second-order valence-corrected chi connectivity index (χ2v) is 5.86. The number of hydrogen-bond donors (Lipinski definition) is 1. The van der Waals surface area contributed by atoms with Gasteiger partial charge in [0, 0.05) is 13.1 Å². The molecule has 1 unspecified atom stereocenters. The van der Waals surface area contributed by atoms with E-state index >= 15 is 0 Å². The van der Waals surface area contributed by atoms with Gasteiger partial charge in [-0.15, -0.1) is 0 Å². The number of aromatic nitrogens is 2. The molecule has 0 saturated carbocycles. The summed E-state index contributed by atoms with van der Waals surface area (Å²) < 4.78 is 28.6. The predicted molar refractivity (Wildman–Crippen MR) is 67.3 cm³/mol. The molecule has 1 atom stereocenters. The van der Waals surface area contributed by atoms with E-state index < -0.39 is 10.0 Å². The highest BCUT2D eigenvalue weighted by Crippen LogP contribution is 2.19. The lowest BCUT2D eigenvalue weighted by atomic mass is 10.2. The molecule has 100 valence electrons. The van der Waals surface area contributed by atoms with Gasteiger partial charge in [-0.1, -0.05) is 6.92 Å². The van der Waals surface area contributed by atoms with Gasteiger partial charge in [0.15, 0.2) is 0 Å². The Hall–Kier alpha value is -1.39. The third-order valence-electron chi connectivity index (χ3n) is 2.86. The van der Waals surface area contributed by atoms with Gasteiger partial charge in [0.1, 0.15) is 4.90 Å². The molecule has 0 radical (unpaired) electrons. The Kier molecular flexibility index (Phi) is 4.48. The minimum absolute atomic E-state index is 0.161. The lowest BCUT2D eigenvalue weighted by Crippen LogP contribution is -2.34. The maximum absolute atomic E-state index is 12.3. The van der Waals surface area contributed by atoms with Gasteiger partial charge < -0.3 is 0 Å². The van der Waals surface area contributed by atoms with Crippen LogP contribution in [0.5, 0.6) is 0 Å². The molecule has 0 fully saturated rings. The number of rotatable bonds is 5. The number of nitriles is 1. The molecule has 1 rings (SSSR count). The van der Waals surface area contributed by atoms with Crippen LogP contribution in [-0.4, -0.2) is 24.2 Å². The lowest BCUT2D eigenvalue weighted by Gasteiger charge is -2.14. The van der Waals surface area contributed by atoms with Gasteiger partial charge in [0.25, 0.3) is 0 Å². The molecule has 7 heteroatoms. The minimum Gasteiger partial charge on any atom is -0.271 e. The summed E-state index contributed by atoms with van der Waals surface area (Å²) in [7, 11) is -1.92. The van der Waals surface area contributed by atoms with Crippen molar-refractivity contribution >= 4 is 10.0 Å². The zero-order chi connectivity index (χ0) is 13.9. The van der Waals surface area contributed by atoms with E-state index in [1.165, 1.54) is 4.68 Å². The Labute approximate surface area is 108 Å². The third-order valence-corrected chi connectivity index (χ3v) is 4.64. The SMILES string of the molecule is CCC(CC#N)NS(=O)(=O)c1c(C)nn(C)c1C. The fourth-order valence-corrected chi connectivity index (χ4v) is 3.56. The van der Waals surface area contributed by atoms with Gasteiger partial charge in [0.05, 0.1) is 23.9 Å². The molecule has 0 saturated heterocycles. The van der Waals surface area contributed by atoms with Crippen LogP contribution in [0.1, 0.15) is 31.2 Å². The minimum atomic E-state index is -3.62. The van der Waals surface area contributed by atoms with Crippen LogP contribution >= 0.6 is 0 Å². The highest BCUT2D eigenvalue weighted by atomic mass is 32.2. The van der Waals surface area contributed by atoms with E-state index in [0.717, 1.165) is 0 Å². The largest absolute Gasteiger partial charge is 0.271 e. The molecule has 0 aromatic carbocycles. The molecule has 6 nitrogen and oxygen atoms in total. The molecule has 18 heavy (non-hydrogen) atoms. The zero-order valence-corrected chi connectivity index (χ0v) is 11.9. The zero-order valence-electron chi connectivity index (χ0n) is 11.1. The number of nitrogens with one attached hydrogen (secondary N) is 1. The van der Waals surface area contributed by atoms with Crippen molar-refractivity contribution in [3.05, 3.63) is 11.4 Å². The molecule has 0 amide bonds. The van der Waals surface area contributed by atoms with Crippen molar-refractivity contribution in [2.75, 3.05) is 0 Å². The standard InChI is InChI=1S/C11H18N4O2S/c1-5-10(6-7-12)14-18(16,17)11-8(2)13-15(4)9(11)3/h10,14H,5-6H2,1-4H3. The first kappa shape index (κ1) is 14.7. The first-order chi connectivity index (χ1) is 8.33. The maximum Gasteiger partial charge on any atom is 0.244 e. The van der Waals surface area contributed by atoms with Gasteiger partial charge in [-0.3, -0.25) is 4.68 Å². The lowest BCUT2D eigenvalue weighted by molar-refractivity contribution is 0.542. The maximum atomic E-state index is 12.3. The number of sulfonamides is 1. The van der Waals surface area contributed by atoms with E-state index in [4.69, 9.17) is 5.26 Å². The second-order valence-electron chi connectivity index (χ2n) is 4.21. The molecule has 0 aliphatic rings. The topological polar surface area (TPSA) is 87.8 Å². The van der Waals surface area contributed by atoms with Crippen molar-refractivity contribution in [2.24, 2.45) is 7.05 Å². The van der Waals surface area contributed by atoms with Crippen LogP contribution in [0.3, 0.4) is 0 Å². The van der Waals surface area contributed by atoms with Crippen LogP contribution in [0, 0.1) is 25.2 Å². The highest BCUT2D eigenvalue weighted by Gasteiger charge is 2.25. The van der Waals surface area contributed by atoms with E-state index in [0.29, 0.717) is 17.8 Å². The Morgan fingerprint density at radius 3 is 2.50 bits per heavy atom. The quantitative estimate of drug-likeness (QED) is 0.864. The monoisotopic (exact) mass is 270 g/mol. The van der Waals surface area contributed by atoms with Crippen LogP contribution in [0.2, 0.25) is 0 Å². The summed E-state index contributed by atoms with van der Waals surface area (Å²) in [5.41, 5.74) is 1.06. The van der Waals surface area contributed by atoms with E-state index in [1.54, 1.807) is 20.9 Å². The van der Waals surface area contributed by atoms with Crippen molar-refractivity contribution < 1.29 is 8.42 Å². The molecule has 0 spiro atoms. The molecule has 1 N–H and O–H groups in total. The average Bonchev–Trinajstić information content (AvgIpc) is 2.52. The summed E-state index contributed by atoms with van der Waals surface area (Å²) in [5.74, 6) is 0. The fourth-order valence-electron chi connectivity index (χ4n) is 1.80. The summed E-state index contributed by atoms with van der Waals surface area (Å²) >= 11 is 0. The van der Waals surface area contributed by atoms with Crippen molar-refractivity contribution in [2.45, 2.75) is 44.6 Å². The average molecular weight is 270 g/mol. The molecule has 1 aromatic heterocycles. The summed E-state index contributed by atoms with van der Waals surface area (Å²) in [6, 6.07) is 1.62. The van der Waals surface area contributed by atoms with Crippen LogP contribution in [0.15, 0.2) is 4.90 Å². The Morgan fingerprint density at radius 2 is 2.11 bits per heavy atom. The molecule has 0 bridgehead atoms. The Balaban J connectivity index is 3.11. The van der Waals surface area contributed by atoms with Gasteiger partial charge in [-0.25, -0.2) is 13.1 Å². The van der Waals surface area contributed by atoms with E-state index in [-0.39, 0.29) is 17.4 Å². The summed E-state index contributed by atoms with van der Waals surface area (Å²) in [6.45, 7) is 5.21. The summed E-state index contributed by atoms with van der Waals surface area (Å²) in [5, 5.41) is 12.7. The molecule has 0 aliphatic carbocycles. The smallest absolute Gasteiger partial charge is 0.244 e. The second kappa shape index (κ2) is 5.50. The van der Waals surface area contributed by atoms with Gasteiger partial charge >= 0.3 is 0 Å². The molecule has 1 aromatic rings. The van der Waals surface area contributed by atoms with Gasteiger partial charge in [0.2, 0.25) is 10.0 Å². The first-order valence-corrected chi connectivity index (χ1v) is 7.21. The summed E-state index contributed by atoms with van der Waals surface area (Å²) in [6.07, 6.45) is 0.735. The van der Waals surface area contributed by atoms with Crippen molar-refractivity contribution in [1.82, 2.24) is 14.5 Å². The third kappa shape index (κ3) is 2.89. The van der Waals surface area contributed by atoms with E-state index in [2.05, 4.69) is 9.82 Å². The predicted octanol–water partition coefficient (Wildman–Crippen LogP) is 1.01. The van der Waals surface area contributed by atoms with Crippen LogP contribution in [0.4, 0.5) is 0 Å². The Bertz CT molecular complexity index is 569. The molecule has 0 aliphatic heterocycles. The molecular formula is C11H18N4O2S. The van der Waals surface area contributed by atoms with Gasteiger partial charge in [-0.05, 0) is 20.3 Å². The number of aryl methyl sites for hydroxylation is 2. The number of nitrogens with zero attached hydrogens (tertiary/aromatic N) is 3. The first-order valence-electron chi connectivity index (χ1n) is 5.73. The van der Waals surface area contributed by atoms with Crippen molar-refractivity contribution in [3.63, 3.8) is 0 Å². The molecular weight excluding hydrogens is 252 g/mol. The van der Waals surface area contributed by atoms with Crippen LogP contribution in [0.25, 0.3) is 0 Å². The van der Waals surface area contributed by atoms with E-state index in [9.17, 15) is 8.42 Å². The fraction of sp³-hybridized carbons (Fsp3) is 0.636. The normalized spacial score (nSPS) is 13.3. The van der Waals surface area contributed by atoms with Crippen LogP contribution in [-0.2, 0) is 17.1 Å². The Morgan fingerprint density at radius 1 is 1.50 bits per heavy atom. The summed E-state index contributed by atoms with van der Waals surface area (Å²) in [4.78, 5) is 0.210. The van der Waals surface area contributed by atoms with Crippen molar-refractivity contribution in [3.8, 4) is 6.07 Å². The molecule has 1 heterocycles. The van der Waals surface area contributed by atoms with Gasteiger partial charge in [-0.2, -0.15) is 10.4 Å². The van der Waals surface area contributed by atoms with E-state index in [1.807, 2.05) is 13.0 Å². The number of hydrogen-bond acceptors (Lipinski definition) is 4.